The average Bonchev–Trinajstić information content (AvgIpc) is 2.37. The van der Waals surface area contributed by atoms with Gasteiger partial charge in [-0.25, -0.2) is 4.98 Å². The summed E-state index contributed by atoms with van der Waals surface area (Å²) in [5, 5.41) is 0.750. The first-order valence-corrected chi connectivity index (χ1v) is 7.80. The fourth-order valence-electron chi connectivity index (χ4n) is 2.21. The van der Waals surface area contributed by atoms with Gasteiger partial charge in [0, 0.05) is 6.07 Å². The Balaban J connectivity index is 1.94. The molecule has 8 heteroatoms. The van der Waals surface area contributed by atoms with Crippen LogP contribution in [0.4, 0.5) is 13.2 Å². The quantitative estimate of drug-likeness (QED) is 0.470. The van der Waals surface area contributed by atoms with Crippen LogP contribution in [0.25, 0.3) is 0 Å². The molecule has 0 spiro atoms. The fourth-order valence-corrected chi connectivity index (χ4v) is 2.80. The standard InChI is InChI=1S/C12H14ClF3N2OS/c1-20-11-17-9(13)6-10(18-11)19-8-4-2-7(3-5-8)12(14,15)16/h6-8H,2-5H2,1H3. The lowest BCUT2D eigenvalue weighted by molar-refractivity contribution is -0.185. The Hall–Kier alpha value is -0.690. The van der Waals surface area contributed by atoms with Gasteiger partial charge in [-0.05, 0) is 31.9 Å². The van der Waals surface area contributed by atoms with Crippen molar-refractivity contribution < 1.29 is 17.9 Å². The molecule has 0 saturated heterocycles. The zero-order valence-electron chi connectivity index (χ0n) is 10.8. The van der Waals surface area contributed by atoms with Crippen molar-refractivity contribution in [3.8, 4) is 5.88 Å². The zero-order valence-corrected chi connectivity index (χ0v) is 12.4. The molecule has 0 N–H and O–H groups in total. The Bertz CT molecular complexity index is 465. The molecule has 3 nitrogen and oxygen atoms in total. The Morgan fingerprint density at radius 1 is 1.25 bits per heavy atom. The third kappa shape index (κ3) is 4.15. The maximum atomic E-state index is 12.6. The Kier molecular flexibility index (Phi) is 5.01. The minimum atomic E-state index is -4.10. The smallest absolute Gasteiger partial charge is 0.391 e. The summed E-state index contributed by atoms with van der Waals surface area (Å²) in [6.45, 7) is 0. The molecule has 0 unspecified atom stereocenters. The summed E-state index contributed by atoms with van der Waals surface area (Å²) in [4.78, 5) is 8.12. The predicted octanol–water partition coefficient (Wildman–Crippen LogP) is 4.35. The normalized spacial score (nSPS) is 23.6. The van der Waals surface area contributed by atoms with Crippen molar-refractivity contribution in [1.82, 2.24) is 9.97 Å². The molecule has 0 radical (unpaired) electrons. The topological polar surface area (TPSA) is 35.0 Å². The van der Waals surface area contributed by atoms with Crippen LogP contribution >= 0.6 is 23.4 Å². The fraction of sp³-hybridized carbons (Fsp3) is 0.667. The first-order chi connectivity index (χ1) is 9.38. The van der Waals surface area contributed by atoms with Gasteiger partial charge in [0.15, 0.2) is 5.16 Å². The van der Waals surface area contributed by atoms with Gasteiger partial charge in [0.2, 0.25) is 5.88 Å². The molecule has 20 heavy (non-hydrogen) atoms. The highest BCUT2D eigenvalue weighted by molar-refractivity contribution is 7.98. The van der Waals surface area contributed by atoms with Crippen LogP contribution in [-0.4, -0.2) is 28.5 Å². The van der Waals surface area contributed by atoms with Crippen molar-refractivity contribution in [1.29, 1.82) is 0 Å². The summed E-state index contributed by atoms with van der Waals surface area (Å²) >= 11 is 7.16. The van der Waals surface area contributed by atoms with Crippen LogP contribution in [-0.2, 0) is 0 Å². The van der Waals surface area contributed by atoms with Gasteiger partial charge in [0.1, 0.15) is 11.3 Å². The van der Waals surface area contributed by atoms with Gasteiger partial charge in [-0.15, -0.1) is 0 Å². The second-order valence-corrected chi connectivity index (χ2v) is 5.81. The van der Waals surface area contributed by atoms with E-state index in [1.165, 1.54) is 17.8 Å². The highest BCUT2D eigenvalue weighted by Crippen LogP contribution is 2.38. The molecule has 1 heterocycles. The molecule has 2 rings (SSSR count). The van der Waals surface area contributed by atoms with Crippen molar-refractivity contribution in [3.05, 3.63) is 11.2 Å². The molecule has 0 aromatic carbocycles. The molecule has 1 aliphatic rings. The van der Waals surface area contributed by atoms with E-state index in [1.807, 2.05) is 6.26 Å². The molecule has 112 valence electrons. The van der Waals surface area contributed by atoms with E-state index in [-0.39, 0.29) is 24.1 Å². The van der Waals surface area contributed by atoms with E-state index in [4.69, 9.17) is 16.3 Å². The summed E-state index contributed by atoms with van der Waals surface area (Å²) in [5.74, 6) is -0.886. The average molecular weight is 327 g/mol. The Labute approximate surface area is 124 Å². The molecule has 0 atom stereocenters. The molecule has 1 aromatic heterocycles. The van der Waals surface area contributed by atoms with Crippen molar-refractivity contribution in [2.45, 2.75) is 43.1 Å². The molecule has 1 fully saturated rings. The number of hydrogen-bond donors (Lipinski definition) is 0. The van der Waals surface area contributed by atoms with E-state index in [0.717, 1.165) is 0 Å². The van der Waals surface area contributed by atoms with E-state index in [2.05, 4.69) is 9.97 Å². The van der Waals surface area contributed by atoms with Crippen molar-refractivity contribution in [2.75, 3.05) is 6.26 Å². The second-order valence-electron chi connectivity index (χ2n) is 4.65. The molecule has 1 aliphatic carbocycles. The first-order valence-electron chi connectivity index (χ1n) is 6.20. The molecule has 0 bridgehead atoms. The number of ether oxygens (including phenoxy) is 1. The number of alkyl halides is 3. The van der Waals surface area contributed by atoms with E-state index in [1.54, 1.807) is 0 Å². The lowest BCUT2D eigenvalue weighted by Crippen LogP contribution is -2.32. The van der Waals surface area contributed by atoms with Gasteiger partial charge in [-0.3, -0.25) is 0 Å². The maximum Gasteiger partial charge on any atom is 0.391 e. The van der Waals surface area contributed by atoms with Gasteiger partial charge in [0.05, 0.1) is 5.92 Å². The van der Waals surface area contributed by atoms with E-state index < -0.39 is 12.1 Å². The third-order valence-corrected chi connectivity index (χ3v) is 4.00. The van der Waals surface area contributed by atoms with Crippen LogP contribution < -0.4 is 4.74 Å². The molecule has 0 aliphatic heterocycles. The number of halogens is 4. The van der Waals surface area contributed by atoms with Crippen LogP contribution in [0.1, 0.15) is 25.7 Å². The Morgan fingerprint density at radius 2 is 1.90 bits per heavy atom. The molecule has 1 saturated carbocycles. The predicted molar refractivity (Wildman–Crippen MR) is 71.3 cm³/mol. The van der Waals surface area contributed by atoms with Gasteiger partial charge >= 0.3 is 6.18 Å². The number of nitrogens with zero attached hydrogens (tertiary/aromatic N) is 2. The van der Waals surface area contributed by atoms with Crippen molar-refractivity contribution in [2.24, 2.45) is 5.92 Å². The van der Waals surface area contributed by atoms with Crippen LogP contribution in [0.2, 0.25) is 5.15 Å². The summed E-state index contributed by atoms with van der Waals surface area (Å²) in [5.41, 5.74) is 0. The van der Waals surface area contributed by atoms with E-state index in [0.29, 0.717) is 23.9 Å². The summed E-state index contributed by atoms with van der Waals surface area (Å²) in [6.07, 6.45) is -1.58. The largest absolute Gasteiger partial charge is 0.474 e. The summed E-state index contributed by atoms with van der Waals surface area (Å²) in [7, 11) is 0. The van der Waals surface area contributed by atoms with Crippen LogP contribution in [0.5, 0.6) is 5.88 Å². The number of rotatable bonds is 3. The minimum Gasteiger partial charge on any atom is -0.474 e. The van der Waals surface area contributed by atoms with Gasteiger partial charge in [-0.2, -0.15) is 18.2 Å². The zero-order chi connectivity index (χ0) is 14.8. The minimum absolute atomic E-state index is 0.0996. The van der Waals surface area contributed by atoms with Crippen LogP contribution in [0.15, 0.2) is 11.2 Å². The SMILES string of the molecule is CSc1nc(Cl)cc(OC2CCC(C(F)(F)F)CC2)n1. The maximum absolute atomic E-state index is 12.6. The monoisotopic (exact) mass is 326 g/mol. The van der Waals surface area contributed by atoms with Gasteiger partial charge < -0.3 is 4.74 Å². The number of hydrogen-bond acceptors (Lipinski definition) is 4. The molecular formula is C12H14ClF3N2OS. The summed E-state index contributed by atoms with van der Waals surface area (Å²) < 4.78 is 43.3. The third-order valence-electron chi connectivity index (χ3n) is 3.26. The van der Waals surface area contributed by atoms with E-state index in [9.17, 15) is 13.2 Å². The van der Waals surface area contributed by atoms with Crippen molar-refractivity contribution >= 4 is 23.4 Å². The number of aromatic nitrogens is 2. The molecule has 1 aromatic rings. The van der Waals surface area contributed by atoms with Crippen LogP contribution in [0, 0.1) is 5.92 Å². The van der Waals surface area contributed by atoms with Crippen molar-refractivity contribution in [3.63, 3.8) is 0 Å². The Morgan fingerprint density at radius 3 is 2.45 bits per heavy atom. The lowest BCUT2D eigenvalue weighted by atomic mass is 9.87. The van der Waals surface area contributed by atoms with Gasteiger partial charge in [0.25, 0.3) is 0 Å². The van der Waals surface area contributed by atoms with E-state index >= 15 is 0 Å². The van der Waals surface area contributed by atoms with Gasteiger partial charge in [-0.1, -0.05) is 23.4 Å². The molecule has 0 amide bonds. The number of thioether (sulfide) groups is 1. The molecular weight excluding hydrogens is 313 g/mol. The summed E-state index contributed by atoms with van der Waals surface area (Å²) in [6, 6.07) is 1.48. The lowest BCUT2D eigenvalue weighted by Gasteiger charge is -2.29. The highest BCUT2D eigenvalue weighted by atomic mass is 35.5. The van der Waals surface area contributed by atoms with Crippen LogP contribution in [0.3, 0.4) is 0 Å². The highest BCUT2D eigenvalue weighted by Gasteiger charge is 2.41. The first kappa shape index (κ1) is 15.7. The second kappa shape index (κ2) is 6.39.